The molecule has 0 atom stereocenters. The smallest absolute Gasteiger partial charge is 0.163 e. The van der Waals surface area contributed by atoms with E-state index in [1.807, 2.05) is 18.2 Å². The summed E-state index contributed by atoms with van der Waals surface area (Å²) in [6.45, 7) is 5.55. The van der Waals surface area contributed by atoms with Crippen molar-refractivity contribution in [3.63, 3.8) is 0 Å². The summed E-state index contributed by atoms with van der Waals surface area (Å²) in [6.07, 6.45) is 3.41. The van der Waals surface area contributed by atoms with Crippen molar-refractivity contribution < 1.29 is 4.79 Å². The summed E-state index contributed by atoms with van der Waals surface area (Å²) in [7, 11) is 0. The first-order valence-electron chi connectivity index (χ1n) is 4.69. The van der Waals surface area contributed by atoms with E-state index >= 15 is 0 Å². The Morgan fingerprint density at radius 2 is 2.23 bits per heavy atom. The van der Waals surface area contributed by atoms with Gasteiger partial charge in [0.1, 0.15) is 0 Å². The highest BCUT2D eigenvalue weighted by molar-refractivity contribution is 5.99. The normalized spacial score (nSPS) is 10.0. The molecule has 1 heteroatoms. The fourth-order valence-electron chi connectivity index (χ4n) is 1.28. The molecule has 0 fully saturated rings. The minimum Gasteiger partial charge on any atom is -0.294 e. The molecule has 0 saturated heterocycles. The van der Waals surface area contributed by atoms with E-state index in [4.69, 9.17) is 0 Å². The van der Waals surface area contributed by atoms with Crippen molar-refractivity contribution in [3.8, 4) is 0 Å². The Morgan fingerprint density at radius 3 is 2.85 bits per heavy atom. The molecule has 0 saturated carbocycles. The van der Waals surface area contributed by atoms with Gasteiger partial charge in [0.05, 0.1) is 0 Å². The fraction of sp³-hybridized carbons (Fsp3) is 0.333. The maximum Gasteiger partial charge on any atom is 0.163 e. The quantitative estimate of drug-likeness (QED) is 0.643. The number of benzene rings is 1. The van der Waals surface area contributed by atoms with Crippen LogP contribution in [0, 0.1) is 6.92 Å². The number of hydrogen-bond acceptors (Lipinski definition) is 1. The maximum absolute atomic E-state index is 11.0. The number of Topliss-reactive ketones (excluding diaryl/α,β-unsaturated/α-hetero) is 1. The summed E-state index contributed by atoms with van der Waals surface area (Å²) in [5.74, 6) is -0.0988. The summed E-state index contributed by atoms with van der Waals surface area (Å²) in [5.41, 5.74) is 1.95. The predicted octanol–water partition coefficient (Wildman–Crippen LogP) is 3.05. The molecule has 0 aromatic heterocycles. The second-order valence-corrected chi connectivity index (χ2v) is 3.23. The maximum atomic E-state index is 11.0. The van der Waals surface area contributed by atoms with Crippen LogP contribution in [0.2, 0.25) is 0 Å². The van der Waals surface area contributed by atoms with E-state index in [-0.39, 0.29) is 5.78 Å². The van der Waals surface area contributed by atoms with E-state index in [1.165, 1.54) is 18.4 Å². The van der Waals surface area contributed by atoms with Crippen LogP contribution in [-0.2, 0) is 6.42 Å². The summed E-state index contributed by atoms with van der Waals surface area (Å²) in [6, 6.07) is 7.72. The van der Waals surface area contributed by atoms with E-state index in [0.717, 1.165) is 6.42 Å². The molecule has 0 spiro atoms. The van der Waals surface area contributed by atoms with E-state index in [1.54, 1.807) is 0 Å². The summed E-state index contributed by atoms with van der Waals surface area (Å²) < 4.78 is 0. The van der Waals surface area contributed by atoms with Crippen LogP contribution in [0.4, 0.5) is 0 Å². The number of ketones is 1. The van der Waals surface area contributed by atoms with Gasteiger partial charge in [-0.25, -0.2) is 0 Å². The molecule has 0 aliphatic heterocycles. The highest BCUT2D eigenvalue weighted by Gasteiger charge is 1.99. The number of carbonyl (C=O) groups is 1. The van der Waals surface area contributed by atoms with Crippen LogP contribution in [0.15, 0.2) is 24.3 Å². The van der Waals surface area contributed by atoms with E-state index in [0.29, 0.717) is 5.56 Å². The van der Waals surface area contributed by atoms with Gasteiger partial charge in [0.2, 0.25) is 0 Å². The van der Waals surface area contributed by atoms with E-state index in [9.17, 15) is 4.79 Å². The molecule has 1 aromatic rings. The first-order valence-corrected chi connectivity index (χ1v) is 4.69. The Morgan fingerprint density at radius 1 is 1.46 bits per heavy atom. The fourth-order valence-corrected chi connectivity index (χ4v) is 1.28. The van der Waals surface area contributed by atoms with Gasteiger partial charge >= 0.3 is 0 Å². The molecule has 0 aliphatic carbocycles. The van der Waals surface area contributed by atoms with Gasteiger partial charge in [-0.15, -0.1) is 0 Å². The topological polar surface area (TPSA) is 17.1 Å². The molecule has 1 rings (SSSR count). The standard InChI is InChI=1S/C12H15O/c1-3-4-6-11-7-5-8-12(9-11)10(2)13/h5,7-9H,2-4,6H2,1H3. The van der Waals surface area contributed by atoms with Gasteiger partial charge in [-0.2, -0.15) is 0 Å². The number of aryl methyl sites for hydroxylation is 1. The van der Waals surface area contributed by atoms with E-state index < -0.39 is 0 Å². The lowest BCUT2D eigenvalue weighted by Gasteiger charge is -2.01. The first-order chi connectivity index (χ1) is 6.24. The Bertz CT molecular complexity index is 289. The molecule has 0 N–H and O–H groups in total. The van der Waals surface area contributed by atoms with Crippen LogP contribution in [0.1, 0.15) is 35.7 Å². The van der Waals surface area contributed by atoms with Crippen LogP contribution in [0.25, 0.3) is 0 Å². The molecule has 13 heavy (non-hydrogen) atoms. The zero-order chi connectivity index (χ0) is 9.68. The van der Waals surface area contributed by atoms with Crippen LogP contribution in [-0.4, -0.2) is 5.78 Å². The second-order valence-electron chi connectivity index (χ2n) is 3.23. The number of hydrogen-bond donors (Lipinski definition) is 0. The minimum atomic E-state index is -0.0988. The third-order valence-corrected chi connectivity index (χ3v) is 2.07. The van der Waals surface area contributed by atoms with Gasteiger partial charge in [-0.1, -0.05) is 31.5 Å². The molecule has 0 amide bonds. The molecule has 0 heterocycles. The van der Waals surface area contributed by atoms with Crippen molar-refractivity contribution in [3.05, 3.63) is 42.3 Å². The third kappa shape index (κ3) is 3.02. The average Bonchev–Trinajstić information content (AvgIpc) is 2.15. The zero-order valence-electron chi connectivity index (χ0n) is 8.05. The average molecular weight is 175 g/mol. The lowest BCUT2D eigenvalue weighted by molar-refractivity contribution is 0.104. The highest BCUT2D eigenvalue weighted by atomic mass is 16.1. The van der Waals surface area contributed by atoms with Gasteiger partial charge in [0, 0.05) is 12.5 Å². The number of unbranched alkanes of at least 4 members (excludes halogenated alkanes) is 1. The van der Waals surface area contributed by atoms with Crippen molar-refractivity contribution in [1.82, 2.24) is 0 Å². The Labute approximate surface area is 79.8 Å². The van der Waals surface area contributed by atoms with Gasteiger partial charge in [0.15, 0.2) is 5.78 Å². The zero-order valence-corrected chi connectivity index (χ0v) is 8.05. The molecule has 69 valence electrons. The molecule has 0 unspecified atom stereocenters. The SMILES string of the molecule is [CH2]C(=O)c1cccc(CCCC)c1. The Hall–Kier alpha value is -1.11. The van der Waals surface area contributed by atoms with Gasteiger partial charge in [-0.3, -0.25) is 4.79 Å². The first kappa shape index (κ1) is 9.97. The van der Waals surface area contributed by atoms with Crippen molar-refractivity contribution in [2.75, 3.05) is 0 Å². The van der Waals surface area contributed by atoms with Crippen LogP contribution >= 0.6 is 0 Å². The van der Waals surface area contributed by atoms with E-state index in [2.05, 4.69) is 19.9 Å². The molecule has 0 bridgehead atoms. The van der Waals surface area contributed by atoms with Crippen LogP contribution in [0.5, 0.6) is 0 Å². The summed E-state index contributed by atoms with van der Waals surface area (Å²) in [4.78, 5) is 11.0. The van der Waals surface area contributed by atoms with Crippen molar-refractivity contribution in [1.29, 1.82) is 0 Å². The molecule has 1 nitrogen and oxygen atoms in total. The predicted molar refractivity (Wildman–Crippen MR) is 54.7 cm³/mol. The van der Waals surface area contributed by atoms with Crippen LogP contribution in [0.3, 0.4) is 0 Å². The van der Waals surface area contributed by atoms with Crippen LogP contribution < -0.4 is 0 Å². The molecule has 0 aliphatic rings. The summed E-state index contributed by atoms with van der Waals surface area (Å²) >= 11 is 0. The lowest BCUT2D eigenvalue weighted by atomic mass is 10.0. The minimum absolute atomic E-state index is 0.0988. The van der Waals surface area contributed by atoms with Crippen molar-refractivity contribution in [2.45, 2.75) is 26.2 Å². The highest BCUT2D eigenvalue weighted by Crippen LogP contribution is 2.08. The third-order valence-electron chi connectivity index (χ3n) is 2.07. The van der Waals surface area contributed by atoms with Gasteiger partial charge < -0.3 is 0 Å². The molecular formula is C12H15O. The summed E-state index contributed by atoms with van der Waals surface area (Å²) in [5, 5.41) is 0. The largest absolute Gasteiger partial charge is 0.294 e. The number of carbonyl (C=O) groups excluding carboxylic acids is 1. The molecular weight excluding hydrogens is 160 g/mol. The molecule has 1 radical (unpaired) electrons. The van der Waals surface area contributed by atoms with Crippen molar-refractivity contribution >= 4 is 5.78 Å². The van der Waals surface area contributed by atoms with Crippen molar-refractivity contribution in [2.24, 2.45) is 0 Å². The monoisotopic (exact) mass is 175 g/mol. The van der Waals surface area contributed by atoms with Gasteiger partial charge in [-0.05, 0) is 24.5 Å². The molecule has 1 aromatic carbocycles. The number of rotatable bonds is 4. The van der Waals surface area contributed by atoms with Gasteiger partial charge in [0.25, 0.3) is 0 Å². The lowest BCUT2D eigenvalue weighted by Crippen LogP contribution is -1.94. The second kappa shape index (κ2) is 4.80. The Balaban J connectivity index is 2.73. The Kier molecular flexibility index (Phi) is 3.69.